The van der Waals surface area contributed by atoms with Crippen LogP contribution in [0.4, 0.5) is 0 Å². The molecular weight excluding hydrogens is 823 g/mol. The van der Waals surface area contributed by atoms with Crippen molar-refractivity contribution in [2.75, 3.05) is 20.8 Å². The summed E-state index contributed by atoms with van der Waals surface area (Å²) in [5.41, 5.74) is 2.09. The Labute approximate surface area is 411 Å². The van der Waals surface area contributed by atoms with Crippen LogP contribution >= 0.6 is 0 Å². The van der Waals surface area contributed by atoms with E-state index in [2.05, 4.69) is 34.5 Å². The summed E-state index contributed by atoms with van der Waals surface area (Å²) in [5, 5.41) is 14.7. The molecule has 67 heavy (non-hydrogen) atoms. The lowest BCUT2D eigenvalue weighted by molar-refractivity contribution is -0.0864. The smallest absolute Gasteiger partial charge is 0.105 e. The van der Waals surface area contributed by atoms with Crippen LogP contribution in [0.3, 0.4) is 0 Å². The van der Waals surface area contributed by atoms with E-state index in [0.717, 1.165) is 83.1 Å². The van der Waals surface area contributed by atoms with E-state index < -0.39 is 0 Å². The summed E-state index contributed by atoms with van der Waals surface area (Å²) in [6, 6.07) is 4.13. The van der Waals surface area contributed by atoms with Crippen LogP contribution in [0.2, 0.25) is 0 Å². The van der Waals surface area contributed by atoms with Crippen molar-refractivity contribution < 1.29 is 14.6 Å². The Morgan fingerprint density at radius 2 is 1.13 bits per heavy atom. The number of aliphatic hydroxyl groups is 1. The third kappa shape index (κ3) is 9.65. The number of hydrogen-bond donors (Lipinski definition) is 2. The highest BCUT2D eigenvalue weighted by atomic mass is 16.5. The van der Waals surface area contributed by atoms with Gasteiger partial charge in [-0.25, -0.2) is 0 Å². The van der Waals surface area contributed by atoms with E-state index in [4.69, 9.17) is 9.47 Å². The minimum Gasteiger partial charge on any atom is -0.396 e. The highest BCUT2D eigenvalue weighted by molar-refractivity contribution is 5.33. The lowest BCUT2D eigenvalue weighted by atomic mass is 9.56. The standard InChI is InChI=1S/C61H103N3O3/c1-5-9-48-37-57-60(52-11-8-10-39(2)58(48)52)62-54-12-6-7-13-56(54)64(57)61-59(46-20-18-42(19-21-46)44-24-31-50(66-3)32-25-44)53-36-47(45-26-33-51(67-4)34-27-45)28-35-55(53)63(61)49-29-22-43(23-30-49)41-16-14-40(38-65)15-17-41/h39-58,60,62,65H,5-38H2,1-4H3. The molecule has 11 unspecified atom stereocenters. The van der Waals surface area contributed by atoms with E-state index in [1.807, 2.05) is 20.0 Å². The molecule has 0 aromatic rings. The molecule has 0 aromatic carbocycles. The van der Waals surface area contributed by atoms with Crippen LogP contribution in [0.5, 0.6) is 0 Å². The van der Waals surface area contributed by atoms with Crippen molar-refractivity contribution in [3.05, 3.63) is 11.4 Å². The molecule has 2 heterocycles. The first-order valence-corrected chi connectivity index (χ1v) is 30.7. The second-order valence-electron chi connectivity index (χ2n) is 26.7. The van der Waals surface area contributed by atoms with Crippen LogP contribution in [0, 0.1) is 76.9 Å². The van der Waals surface area contributed by atoms with Crippen LogP contribution < -0.4 is 5.32 Å². The molecule has 0 amide bonds. The van der Waals surface area contributed by atoms with E-state index in [-0.39, 0.29) is 0 Å². The number of aliphatic hydroxyl groups excluding tert-OH is 1. The number of ether oxygens (including phenoxy) is 2. The van der Waals surface area contributed by atoms with Crippen LogP contribution in [0.1, 0.15) is 226 Å². The predicted molar refractivity (Wildman–Crippen MR) is 274 cm³/mol. The molecule has 11 rings (SSSR count). The van der Waals surface area contributed by atoms with Gasteiger partial charge >= 0.3 is 0 Å². The van der Waals surface area contributed by atoms with Crippen molar-refractivity contribution in [1.82, 2.24) is 15.1 Å². The van der Waals surface area contributed by atoms with Gasteiger partial charge < -0.3 is 29.7 Å². The van der Waals surface area contributed by atoms with Crippen molar-refractivity contribution in [2.24, 2.45) is 76.9 Å². The van der Waals surface area contributed by atoms with Gasteiger partial charge in [-0.05, 0) is 250 Å². The quantitative estimate of drug-likeness (QED) is 0.215. The molecule has 11 aliphatic rings. The number of methoxy groups -OCH3 is 2. The highest BCUT2D eigenvalue weighted by Crippen LogP contribution is 2.59. The molecule has 9 aliphatic carbocycles. The zero-order chi connectivity index (χ0) is 45.6. The second kappa shape index (κ2) is 21.7. The van der Waals surface area contributed by atoms with E-state index in [1.165, 1.54) is 212 Å². The largest absolute Gasteiger partial charge is 0.396 e. The molecule has 6 nitrogen and oxygen atoms in total. The third-order valence-corrected chi connectivity index (χ3v) is 23.8. The predicted octanol–water partition coefficient (Wildman–Crippen LogP) is 13.7. The van der Waals surface area contributed by atoms with Crippen molar-refractivity contribution in [1.29, 1.82) is 0 Å². The van der Waals surface area contributed by atoms with Crippen molar-refractivity contribution >= 4 is 0 Å². The van der Waals surface area contributed by atoms with E-state index >= 15 is 0 Å². The number of rotatable bonds is 11. The monoisotopic (exact) mass is 926 g/mol. The first-order valence-electron chi connectivity index (χ1n) is 30.7. The lowest BCUT2D eigenvalue weighted by Gasteiger charge is -2.63. The van der Waals surface area contributed by atoms with Crippen molar-refractivity contribution in [2.45, 2.75) is 274 Å². The fourth-order valence-electron chi connectivity index (χ4n) is 20.4. The number of nitrogens with one attached hydrogen (secondary N) is 1. The fraction of sp³-hybridized carbons (Fsp3) is 0.967. The molecule has 2 aliphatic heterocycles. The minimum atomic E-state index is 0.413. The topological polar surface area (TPSA) is 57.2 Å². The summed E-state index contributed by atoms with van der Waals surface area (Å²) in [7, 11) is 3.93. The van der Waals surface area contributed by atoms with Gasteiger partial charge in [0, 0.05) is 63.0 Å². The molecule has 11 atom stereocenters. The molecule has 2 N–H and O–H groups in total. The normalized spacial score (nSPS) is 48.6. The Balaban J connectivity index is 0.977. The Morgan fingerprint density at radius 1 is 0.552 bits per heavy atom. The van der Waals surface area contributed by atoms with Gasteiger partial charge in [-0.2, -0.15) is 0 Å². The van der Waals surface area contributed by atoms with Gasteiger partial charge in [-0.3, -0.25) is 0 Å². The highest BCUT2D eigenvalue weighted by Gasteiger charge is 2.59. The first kappa shape index (κ1) is 48.4. The Hall–Kier alpha value is -0.820. The summed E-state index contributed by atoms with van der Waals surface area (Å²) < 4.78 is 11.9. The molecule has 0 bridgehead atoms. The minimum absolute atomic E-state index is 0.413. The van der Waals surface area contributed by atoms with Crippen LogP contribution in [-0.2, 0) is 9.47 Å². The fourth-order valence-corrected chi connectivity index (χ4v) is 20.4. The molecule has 0 spiro atoms. The van der Waals surface area contributed by atoms with Crippen molar-refractivity contribution in [3.63, 3.8) is 0 Å². The zero-order valence-electron chi connectivity index (χ0n) is 43.8. The van der Waals surface area contributed by atoms with Gasteiger partial charge in [0.2, 0.25) is 0 Å². The second-order valence-corrected chi connectivity index (χ2v) is 26.7. The third-order valence-electron chi connectivity index (χ3n) is 23.8. The maximum atomic E-state index is 10.0. The van der Waals surface area contributed by atoms with E-state index in [9.17, 15) is 5.11 Å². The average molecular weight is 927 g/mol. The van der Waals surface area contributed by atoms with E-state index in [1.54, 1.807) is 0 Å². The van der Waals surface area contributed by atoms with Crippen LogP contribution in [0.15, 0.2) is 11.4 Å². The van der Waals surface area contributed by atoms with Gasteiger partial charge in [0.1, 0.15) is 5.82 Å². The lowest BCUT2D eigenvalue weighted by Crippen LogP contribution is -2.73. The molecule has 0 radical (unpaired) electrons. The molecule has 6 heteroatoms. The first-order chi connectivity index (χ1) is 32.9. The Morgan fingerprint density at radius 3 is 1.76 bits per heavy atom. The number of fused-ring (bicyclic) bond motifs is 5. The summed E-state index contributed by atoms with van der Waals surface area (Å²) in [6.45, 7) is 5.61. The summed E-state index contributed by atoms with van der Waals surface area (Å²) in [5.74, 6) is 13.1. The molecule has 1 saturated heterocycles. The number of nitrogens with zero attached hydrogens (tertiary/aromatic N) is 2. The van der Waals surface area contributed by atoms with Gasteiger partial charge in [0.25, 0.3) is 0 Å². The van der Waals surface area contributed by atoms with E-state index in [0.29, 0.717) is 48.9 Å². The summed E-state index contributed by atoms with van der Waals surface area (Å²) in [6.07, 6.45) is 47.5. The summed E-state index contributed by atoms with van der Waals surface area (Å²) >= 11 is 0. The van der Waals surface area contributed by atoms with Crippen LogP contribution in [0.25, 0.3) is 0 Å². The van der Waals surface area contributed by atoms with Crippen molar-refractivity contribution in [3.8, 4) is 0 Å². The molecule has 9 saturated carbocycles. The summed E-state index contributed by atoms with van der Waals surface area (Å²) in [4.78, 5) is 6.86. The SMILES string of the molecule is CCCC1CC2C(NC3CCCCC3N2C2=C(C3CCC(C4CCC(OC)CC4)CC3)C3CC(C4CCC(OC)CC4)CCC3N2C2CCC(C3CCC(CO)CC3)CC2)C2CCCC(C)C12. The number of hydrogen-bond acceptors (Lipinski definition) is 6. The number of piperazine rings is 1. The zero-order valence-corrected chi connectivity index (χ0v) is 43.8. The van der Waals surface area contributed by atoms with Gasteiger partial charge in [0.05, 0.1) is 12.2 Å². The maximum Gasteiger partial charge on any atom is 0.105 e. The molecule has 380 valence electrons. The van der Waals surface area contributed by atoms with Gasteiger partial charge in [0.15, 0.2) is 0 Å². The average Bonchev–Trinajstić information content (AvgIpc) is 3.72. The van der Waals surface area contributed by atoms with Crippen LogP contribution in [-0.4, -0.2) is 84.2 Å². The van der Waals surface area contributed by atoms with Gasteiger partial charge in [-0.15, -0.1) is 0 Å². The Kier molecular flexibility index (Phi) is 15.7. The molecular formula is C61H103N3O3. The molecule has 10 fully saturated rings. The molecule has 0 aromatic heterocycles. The Bertz CT molecular complexity index is 1590. The van der Waals surface area contributed by atoms with Gasteiger partial charge in [-0.1, -0.05) is 52.4 Å². The maximum absolute atomic E-state index is 10.0.